The molecule has 4 aromatic carbocycles. The lowest BCUT2D eigenvalue weighted by Crippen LogP contribution is -2.57. The fraction of sp³-hybridized carbons (Fsp3) is 0.359. The molecule has 272 valence electrons. The summed E-state index contributed by atoms with van der Waals surface area (Å²) in [7, 11) is -3.93. The minimum absolute atomic E-state index is 0.105. The maximum absolute atomic E-state index is 13.1. The molecule has 11 nitrogen and oxygen atoms in total. The number of nitrogens with two attached hydrogens (primary N) is 1. The van der Waals surface area contributed by atoms with Crippen molar-refractivity contribution in [3.8, 4) is 5.75 Å². The molecule has 4 aromatic rings. The van der Waals surface area contributed by atoms with Crippen LogP contribution in [0.25, 0.3) is 10.8 Å². The molecule has 0 radical (unpaired) electrons. The summed E-state index contributed by atoms with van der Waals surface area (Å²) in [5.74, 6) is 0.518. The van der Waals surface area contributed by atoms with Crippen molar-refractivity contribution in [3.05, 3.63) is 108 Å². The number of primary amides is 1. The normalized spacial score (nSPS) is 16.5. The first-order valence-corrected chi connectivity index (χ1v) is 18.2. The molecule has 1 aliphatic heterocycles. The third kappa shape index (κ3) is 9.78. The molecule has 0 saturated carbocycles. The molecule has 0 saturated heterocycles. The van der Waals surface area contributed by atoms with Crippen LogP contribution in [-0.4, -0.2) is 54.1 Å². The van der Waals surface area contributed by atoms with Crippen molar-refractivity contribution in [1.82, 2.24) is 9.73 Å². The third-order valence-electron chi connectivity index (χ3n) is 8.36. The number of hydrazone groups is 1. The topological polar surface area (TPSA) is 161 Å². The largest absolute Gasteiger partial charge is 0.487 e. The summed E-state index contributed by atoms with van der Waals surface area (Å²) in [6.07, 6.45) is -2.24. The smallest absolute Gasteiger partial charge is 0.408 e. The molecule has 12 heteroatoms. The molecule has 5 rings (SSSR count). The van der Waals surface area contributed by atoms with Crippen LogP contribution in [0, 0.1) is 12.3 Å². The van der Waals surface area contributed by atoms with Gasteiger partial charge in [-0.25, -0.2) is 9.59 Å². The Balaban J connectivity index is 0.000000652. The molecule has 0 spiro atoms. The zero-order valence-corrected chi connectivity index (χ0v) is 31.2. The molecule has 0 fully saturated rings. The van der Waals surface area contributed by atoms with Crippen LogP contribution >= 0.6 is 0 Å². The SMILES string of the molecule is CC(C)(C)OC(N)=O.Cc1ccc(S(=O)(=O)N/N=C2\C[C@H]([C@H](N(C(=O)O)C(C)c3cccc4ccccc34)C(C)(C)C)Oc3ccccc32)cc1. The Hall–Kier alpha value is -5.10. The van der Waals surface area contributed by atoms with Crippen molar-refractivity contribution >= 4 is 38.7 Å². The minimum Gasteiger partial charge on any atom is -0.487 e. The van der Waals surface area contributed by atoms with Crippen LogP contribution in [0.2, 0.25) is 0 Å². The Morgan fingerprint density at radius 3 is 2.14 bits per heavy atom. The first-order valence-electron chi connectivity index (χ1n) is 16.7. The molecule has 1 aliphatic rings. The number of nitrogens with zero attached hydrogens (tertiary/aromatic N) is 2. The second-order valence-electron chi connectivity index (χ2n) is 14.6. The molecular formula is C39H48N4O7S. The predicted molar refractivity (Wildman–Crippen MR) is 199 cm³/mol. The number of carbonyl (C=O) groups is 2. The molecule has 3 atom stereocenters. The summed E-state index contributed by atoms with van der Waals surface area (Å²) < 4.78 is 37.3. The van der Waals surface area contributed by atoms with Crippen molar-refractivity contribution < 1.29 is 32.6 Å². The summed E-state index contributed by atoms with van der Waals surface area (Å²) >= 11 is 0. The number of nitrogens with one attached hydrogen (secondary N) is 1. The van der Waals surface area contributed by atoms with Crippen LogP contribution < -0.4 is 15.3 Å². The van der Waals surface area contributed by atoms with E-state index in [0.29, 0.717) is 17.0 Å². The van der Waals surface area contributed by atoms with Crippen LogP contribution in [0.5, 0.6) is 5.75 Å². The number of fused-ring (bicyclic) bond motifs is 2. The minimum atomic E-state index is -3.93. The van der Waals surface area contributed by atoms with E-state index in [9.17, 15) is 23.1 Å². The van der Waals surface area contributed by atoms with Crippen molar-refractivity contribution in [1.29, 1.82) is 0 Å². The maximum Gasteiger partial charge on any atom is 0.408 e. The van der Waals surface area contributed by atoms with E-state index in [1.54, 1.807) is 39.0 Å². The van der Waals surface area contributed by atoms with E-state index in [1.807, 2.05) is 95.3 Å². The van der Waals surface area contributed by atoms with E-state index in [-0.39, 0.29) is 11.3 Å². The molecule has 4 N–H and O–H groups in total. The number of hydrogen-bond donors (Lipinski definition) is 3. The standard InChI is InChI=1S/C34H37N3O5S.C5H11NO2/c1-22-17-19-25(20-18-22)43(40,41)36-35-29-21-31(42-30-16-9-8-14-28(29)30)32(34(3,4)5)37(33(38)39)23(2)26-15-10-12-24-11-6-7-13-27(24)26;1-5(2,3)8-4(6)7/h6-20,23,31-32,36H,21H2,1-5H3,(H,38,39);1-3H3,(H2,6,7)/b35-29+;/t23?,31-,32+;/m1./s1. The average Bonchev–Trinajstić information content (AvgIpc) is 3.04. The first-order chi connectivity index (χ1) is 23.8. The Bertz CT molecular complexity index is 1990. The van der Waals surface area contributed by atoms with Crippen LogP contribution in [0.4, 0.5) is 9.59 Å². The third-order valence-corrected chi connectivity index (χ3v) is 9.58. The number of carboxylic acid groups (broad SMARTS) is 1. The fourth-order valence-corrected chi connectivity index (χ4v) is 7.06. The number of hydrogen-bond acceptors (Lipinski definition) is 7. The van der Waals surface area contributed by atoms with Gasteiger partial charge in [0.05, 0.1) is 22.7 Å². The van der Waals surface area contributed by atoms with Gasteiger partial charge < -0.3 is 20.3 Å². The highest BCUT2D eigenvalue weighted by molar-refractivity contribution is 7.89. The van der Waals surface area contributed by atoms with Gasteiger partial charge in [0.1, 0.15) is 17.5 Å². The fourth-order valence-electron chi connectivity index (χ4n) is 6.23. The summed E-state index contributed by atoms with van der Waals surface area (Å²) in [6.45, 7) is 15.0. The average molecular weight is 717 g/mol. The lowest BCUT2D eigenvalue weighted by Gasteiger charge is -2.47. The van der Waals surface area contributed by atoms with Gasteiger partial charge in [-0.2, -0.15) is 18.4 Å². The Labute approximate surface area is 300 Å². The Morgan fingerprint density at radius 1 is 0.941 bits per heavy atom. The Kier molecular flexibility index (Phi) is 11.7. The molecule has 51 heavy (non-hydrogen) atoms. The number of rotatable bonds is 7. The molecule has 1 heterocycles. The highest BCUT2D eigenvalue weighted by Crippen LogP contribution is 2.40. The van der Waals surface area contributed by atoms with Crippen LogP contribution in [0.1, 0.15) is 77.6 Å². The van der Waals surface area contributed by atoms with Crippen molar-refractivity contribution in [2.45, 2.75) is 90.5 Å². The highest BCUT2D eigenvalue weighted by Gasteiger charge is 2.45. The molecule has 0 aromatic heterocycles. The monoisotopic (exact) mass is 716 g/mol. The van der Waals surface area contributed by atoms with Crippen LogP contribution in [-0.2, 0) is 14.8 Å². The van der Waals surface area contributed by atoms with Gasteiger partial charge in [0.2, 0.25) is 0 Å². The van der Waals surface area contributed by atoms with Gasteiger partial charge in [-0.3, -0.25) is 4.90 Å². The van der Waals surface area contributed by atoms with Gasteiger partial charge in [0.15, 0.2) is 0 Å². The van der Waals surface area contributed by atoms with Gasteiger partial charge in [-0.05, 0) is 80.6 Å². The summed E-state index contributed by atoms with van der Waals surface area (Å²) in [5.41, 5.74) is 6.68. The van der Waals surface area contributed by atoms with Gasteiger partial charge in [-0.15, -0.1) is 0 Å². The van der Waals surface area contributed by atoms with E-state index < -0.39 is 51.4 Å². The van der Waals surface area contributed by atoms with Gasteiger partial charge in [0.25, 0.3) is 10.0 Å². The van der Waals surface area contributed by atoms with E-state index in [1.165, 1.54) is 17.0 Å². The highest BCUT2D eigenvalue weighted by atomic mass is 32.2. The molecular weight excluding hydrogens is 669 g/mol. The molecule has 0 bridgehead atoms. The van der Waals surface area contributed by atoms with E-state index in [4.69, 9.17) is 10.5 Å². The number of para-hydroxylation sites is 1. The second-order valence-corrected chi connectivity index (χ2v) is 16.3. The zero-order valence-electron chi connectivity index (χ0n) is 30.4. The number of ether oxygens (including phenoxy) is 2. The zero-order chi connectivity index (χ0) is 37.7. The van der Waals surface area contributed by atoms with E-state index in [2.05, 4.69) is 14.7 Å². The number of sulfonamides is 1. The number of amides is 2. The van der Waals surface area contributed by atoms with Gasteiger partial charge >= 0.3 is 12.2 Å². The summed E-state index contributed by atoms with van der Waals surface area (Å²) in [4.78, 5) is 27.1. The Morgan fingerprint density at radius 2 is 1.55 bits per heavy atom. The van der Waals surface area contributed by atoms with Crippen molar-refractivity contribution in [2.75, 3.05) is 0 Å². The number of benzene rings is 4. The van der Waals surface area contributed by atoms with Crippen LogP contribution in [0.15, 0.2) is 101 Å². The van der Waals surface area contributed by atoms with Crippen molar-refractivity contribution in [3.63, 3.8) is 0 Å². The lowest BCUT2D eigenvalue weighted by molar-refractivity contribution is -0.00707. The van der Waals surface area contributed by atoms with E-state index >= 15 is 0 Å². The quantitative estimate of drug-likeness (QED) is 0.163. The maximum atomic E-state index is 13.1. The lowest BCUT2D eigenvalue weighted by atomic mass is 9.78. The van der Waals surface area contributed by atoms with Crippen molar-refractivity contribution in [2.24, 2.45) is 16.3 Å². The second kappa shape index (κ2) is 15.4. The molecule has 1 unspecified atom stereocenters. The molecule has 2 amide bonds. The number of carbonyl (C=O) groups excluding carboxylic acids is 1. The van der Waals surface area contributed by atoms with E-state index in [0.717, 1.165) is 21.9 Å². The predicted octanol–water partition coefficient (Wildman–Crippen LogP) is 8.02. The summed E-state index contributed by atoms with van der Waals surface area (Å²) in [5, 5.41) is 17.1. The van der Waals surface area contributed by atoms with Gasteiger partial charge in [0, 0.05) is 12.0 Å². The first kappa shape index (κ1) is 38.7. The molecule has 0 aliphatic carbocycles. The summed E-state index contributed by atoms with van der Waals surface area (Å²) in [6, 6.07) is 26.5. The number of aryl methyl sites for hydroxylation is 1. The van der Waals surface area contributed by atoms with Gasteiger partial charge in [-0.1, -0.05) is 93.1 Å². The van der Waals surface area contributed by atoms with Crippen LogP contribution in [0.3, 0.4) is 0 Å².